The molecule has 0 aliphatic carbocycles. The van der Waals surface area contributed by atoms with E-state index in [9.17, 15) is 4.79 Å². The SMILES string of the molecule is CCNC(=NCc1ccc(OC)cc1)NCC(=O)Nc1cccc(CC)c1.I. The molecule has 0 spiro atoms. The van der Waals surface area contributed by atoms with Crippen LogP contribution in [0.3, 0.4) is 0 Å². The highest BCUT2D eigenvalue weighted by Gasteiger charge is 2.05. The van der Waals surface area contributed by atoms with Gasteiger partial charge in [0.1, 0.15) is 5.75 Å². The molecule has 6 nitrogen and oxygen atoms in total. The van der Waals surface area contributed by atoms with Crippen LogP contribution in [0.15, 0.2) is 53.5 Å². The molecule has 7 heteroatoms. The number of ether oxygens (including phenoxy) is 1. The van der Waals surface area contributed by atoms with Crippen LogP contribution in [0.1, 0.15) is 25.0 Å². The summed E-state index contributed by atoms with van der Waals surface area (Å²) in [6.07, 6.45) is 0.935. The zero-order valence-corrected chi connectivity index (χ0v) is 18.9. The fourth-order valence-electron chi connectivity index (χ4n) is 2.48. The first-order chi connectivity index (χ1) is 13.1. The molecule has 2 aromatic carbocycles. The lowest BCUT2D eigenvalue weighted by Crippen LogP contribution is -2.41. The van der Waals surface area contributed by atoms with Crippen LogP contribution < -0.4 is 20.7 Å². The standard InChI is InChI=1S/C21H28N4O2.HI/c1-4-16-7-6-8-18(13-16)25-20(26)15-24-21(22-5-2)23-14-17-9-11-19(27-3)12-10-17;/h6-13H,4-5,14-15H2,1-3H3,(H,25,26)(H2,22,23,24);1H. The van der Waals surface area contributed by atoms with Crippen molar-refractivity contribution in [3.05, 3.63) is 59.7 Å². The number of hydrogen-bond donors (Lipinski definition) is 3. The average molecular weight is 496 g/mol. The summed E-state index contributed by atoms with van der Waals surface area (Å²) in [5.74, 6) is 1.31. The predicted molar refractivity (Wildman–Crippen MR) is 126 cm³/mol. The number of rotatable bonds is 8. The molecule has 0 aromatic heterocycles. The molecule has 0 fully saturated rings. The highest BCUT2D eigenvalue weighted by Crippen LogP contribution is 2.12. The monoisotopic (exact) mass is 496 g/mol. The van der Waals surface area contributed by atoms with E-state index in [1.54, 1.807) is 7.11 Å². The maximum absolute atomic E-state index is 12.2. The largest absolute Gasteiger partial charge is 0.497 e. The highest BCUT2D eigenvalue weighted by atomic mass is 127. The minimum atomic E-state index is -0.113. The van der Waals surface area contributed by atoms with Gasteiger partial charge in [0.25, 0.3) is 0 Å². The number of carbonyl (C=O) groups is 1. The molecule has 2 rings (SSSR count). The Kier molecular flexibility index (Phi) is 11.0. The normalized spacial score (nSPS) is 10.6. The van der Waals surface area contributed by atoms with Crippen molar-refractivity contribution in [3.63, 3.8) is 0 Å². The van der Waals surface area contributed by atoms with Crippen LogP contribution in [-0.2, 0) is 17.8 Å². The summed E-state index contributed by atoms with van der Waals surface area (Å²) in [6, 6.07) is 15.6. The van der Waals surface area contributed by atoms with Gasteiger partial charge in [0.05, 0.1) is 20.2 Å². The number of methoxy groups -OCH3 is 1. The second kappa shape index (κ2) is 13.0. The van der Waals surface area contributed by atoms with Crippen LogP contribution in [-0.4, -0.2) is 32.1 Å². The Hall–Kier alpha value is -2.29. The lowest BCUT2D eigenvalue weighted by Gasteiger charge is -2.12. The number of aliphatic imine (C=N–C) groups is 1. The molecular formula is C21H29IN4O2. The van der Waals surface area contributed by atoms with Crippen LogP contribution in [0, 0.1) is 0 Å². The Balaban J connectivity index is 0.00000392. The van der Waals surface area contributed by atoms with Gasteiger partial charge in [-0.15, -0.1) is 24.0 Å². The molecule has 0 bridgehead atoms. The zero-order chi connectivity index (χ0) is 19.5. The summed E-state index contributed by atoms with van der Waals surface area (Å²) in [4.78, 5) is 16.7. The minimum absolute atomic E-state index is 0. The Morgan fingerprint density at radius 3 is 2.43 bits per heavy atom. The van der Waals surface area contributed by atoms with Crippen molar-refractivity contribution >= 4 is 41.5 Å². The van der Waals surface area contributed by atoms with E-state index in [1.807, 2.05) is 55.5 Å². The van der Waals surface area contributed by atoms with E-state index in [0.717, 1.165) is 23.4 Å². The zero-order valence-electron chi connectivity index (χ0n) is 16.6. The Morgan fingerprint density at radius 2 is 1.79 bits per heavy atom. The molecule has 0 atom stereocenters. The molecule has 0 heterocycles. The molecule has 0 saturated carbocycles. The number of carbonyl (C=O) groups excluding carboxylic acids is 1. The Bertz CT molecular complexity index is 763. The average Bonchev–Trinajstić information content (AvgIpc) is 2.70. The summed E-state index contributed by atoms with van der Waals surface area (Å²) in [5.41, 5.74) is 3.06. The van der Waals surface area contributed by atoms with Crippen LogP contribution in [0.5, 0.6) is 5.75 Å². The van der Waals surface area contributed by atoms with Gasteiger partial charge >= 0.3 is 0 Å². The molecule has 152 valence electrons. The third-order valence-corrected chi connectivity index (χ3v) is 3.96. The van der Waals surface area contributed by atoms with Crippen molar-refractivity contribution in [2.45, 2.75) is 26.8 Å². The van der Waals surface area contributed by atoms with E-state index in [-0.39, 0.29) is 36.4 Å². The number of nitrogens with zero attached hydrogens (tertiary/aromatic N) is 1. The maximum Gasteiger partial charge on any atom is 0.243 e. The molecule has 0 aliphatic rings. The van der Waals surface area contributed by atoms with Crippen molar-refractivity contribution in [1.82, 2.24) is 10.6 Å². The second-order valence-corrected chi connectivity index (χ2v) is 6.00. The van der Waals surface area contributed by atoms with Gasteiger partial charge in [0.15, 0.2) is 5.96 Å². The van der Waals surface area contributed by atoms with Gasteiger partial charge in [-0.2, -0.15) is 0 Å². The van der Waals surface area contributed by atoms with Gasteiger partial charge in [-0.3, -0.25) is 4.79 Å². The number of benzene rings is 2. The highest BCUT2D eigenvalue weighted by molar-refractivity contribution is 14.0. The second-order valence-electron chi connectivity index (χ2n) is 6.00. The number of nitrogens with one attached hydrogen (secondary N) is 3. The third kappa shape index (κ3) is 8.16. The smallest absolute Gasteiger partial charge is 0.243 e. The Morgan fingerprint density at radius 1 is 1.04 bits per heavy atom. The fraction of sp³-hybridized carbons (Fsp3) is 0.333. The first-order valence-corrected chi connectivity index (χ1v) is 9.18. The van der Waals surface area contributed by atoms with E-state index in [1.165, 1.54) is 5.56 Å². The van der Waals surface area contributed by atoms with Gasteiger partial charge < -0.3 is 20.7 Å². The van der Waals surface area contributed by atoms with Crippen LogP contribution in [0.2, 0.25) is 0 Å². The summed E-state index contributed by atoms with van der Waals surface area (Å²) in [5, 5.41) is 9.11. The van der Waals surface area contributed by atoms with Gasteiger partial charge in [-0.25, -0.2) is 4.99 Å². The van der Waals surface area contributed by atoms with Gasteiger partial charge in [0.2, 0.25) is 5.91 Å². The first-order valence-electron chi connectivity index (χ1n) is 9.18. The lowest BCUT2D eigenvalue weighted by atomic mass is 10.1. The number of hydrogen-bond acceptors (Lipinski definition) is 3. The molecule has 3 N–H and O–H groups in total. The topological polar surface area (TPSA) is 74.8 Å². The van der Waals surface area contributed by atoms with Crippen molar-refractivity contribution in [2.75, 3.05) is 25.5 Å². The van der Waals surface area contributed by atoms with Gasteiger partial charge in [0, 0.05) is 12.2 Å². The van der Waals surface area contributed by atoms with Crippen LogP contribution in [0.4, 0.5) is 5.69 Å². The van der Waals surface area contributed by atoms with E-state index in [0.29, 0.717) is 19.0 Å². The van der Waals surface area contributed by atoms with Crippen molar-refractivity contribution in [1.29, 1.82) is 0 Å². The van der Waals surface area contributed by atoms with Gasteiger partial charge in [-0.05, 0) is 48.7 Å². The summed E-state index contributed by atoms with van der Waals surface area (Å²) in [7, 11) is 1.64. The minimum Gasteiger partial charge on any atom is -0.497 e. The van der Waals surface area contributed by atoms with Crippen molar-refractivity contribution < 1.29 is 9.53 Å². The molecular weight excluding hydrogens is 467 g/mol. The number of aryl methyl sites for hydroxylation is 1. The molecule has 28 heavy (non-hydrogen) atoms. The van der Waals surface area contributed by atoms with E-state index < -0.39 is 0 Å². The molecule has 0 aliphatic heterocycles. The fourth-order valence-corrected chi connectivity index (χ4v) is 2.48. The number of amides is 1. The summed E-state index contributed by atoms with van der Waals surface area (Å²) in [6.45, 7) is 5.45. The summed E-state index contributed by atoms with van der Waals surface area (Å²) < 4.78 is 5.16. The number of guanidine groups is 1. The quantitative estimate of drug-likeness (QED) is 0.297. The van der Waals surface area contributed by atoms with Crippen LogP contribution >= 0.6 is 24.0 Å². The van der Waals surface area contributed by atoms with Crippen molar-refractivity contribution in [3.8, 4) is 5.75 Å². The van der Waals surface area contributed by atoms with Gasteiger partial charge in [-0.1, -0.05) is 31.2 Å². The summed E-state index contributed by atoms with van der Waals surface area (Å²) >= 11 is 0. The predicted octanol–water partition coefficient (Wildman–Crippen LogP) is 3.57. The van der Waals surface area contributed by atoms with Crippen LogP contribution in [0.25, 0.3) is 0 Å². The lowest BCUT2D eigenvalue weighted by molar-refractivity contribution is -0.115. The molecule has 0 radical (unpaired) electrons. The van der Waals surface area contributed by atoms with E-state index >= 15 is 0 Å². The van der Waals surface area contributed by atoms with E-state index in [4.69, 9.17) is 4.74 Å². The maximum atomic E-state index is 12.2. The first kappa shape index (κ1) is 23.7. The molecule has 0 saturated heterocycles. The molecule has 2 aromatic rings. The Labute approximate surface area is 184 Å². The number of anilines is 1. The van der Waals surface area contributed by atoms with E-state index in [2.05, 4.69) is 27.9 Å². The third-order valence-electron chi connectivity index (χ3n) is 3.96. The van der Waals surface area contributed by atoms with Crippen molar-refractivity contribution in [2.24, 2.45) is 4.99 Å². The molecule has 0 unspecified atom stereocenters. The molecule has 1 amide bonds. The number of halogens is 1.